The average molecular weight is 407 g/mol. The van der Waals surface area contributed by atoms with Crippen molar-refractivity contribution in [1.29, 1.82) is 0 Å². The molecule has 0 bridgehead atoms. The Morgan fingerprint density at radius 2 is 1.41 bits per heavy atom. The Kier molecular flexibility index (Phi) is 5.76. The van der Waals surface area contributed by atoms with Crippen LogP contribution in [0.15, 0.2) is 72.8 Å². The van der Waals surface area contributed by atoms with Crippen LogP contribution in [-0.4, -0.2) is 43.0 Å². The summed E-state index contributed by atoms with van der Waals surface area (Å²) < 4.78 is 0. The van der Waals surface area contributed by atoms with Gasteiger partial charge in [0.25, 0.3) is 5.91 Å². The Balaban J connectivity index is 1.31. The van der Waals surface area contributed by atoms with Gasteiger partial charge in [0.15, 0.2) is 0 Å². The number of carbonyl (C=O) groups excluding carboxylic acids is 2. The number of carbonyl (C=O) groups is 2. The van der Waals surface area contributed by atoms with E-state index in [2.05, 4.69) is 27.7 Å². The molecular weight excluding hydrogens is 384 g/mol. The summed E-state index contributed by atoms with van der Waals surface area (Å²) in [6.45, 7) is 2.99. The average Bonchev–Trinajstić information content (AvgIpc) is 3.23. The molecule has 3 aromatic rings. The number of hydrogen-bond acceptors (Lipinski definition) is 4. The number of piperazine rings is 1. The van der Waals surface area contributed by atoms with Crippen LogP contribution in [0.25, 0.3) is 0 Å². The second kappa shape index (κ2) is 8.79. The van der Waals surface area contributed by atoms with E-state index in [-0.39, 0.29) is 11.9 Å². The topological polar surface area (TPSA) is 64.7 Å². The Morgan fingerprint density at radius 3 is 2.10 bits per heavy atom. The van der Waals surface area contributed by atoms with Crippen molar-refractivity contribution in [2.24, 2.45) is 0 Å². The van der Waals surface area contributed by atoms with Gasteiger partial charge >= 0.3 is 6.03 Å². The summed E-state index contributed by atoms with van der Waals surface area (Å²) >= 11 is 1.29. The first kappa shape index (κ1) is 19.0. The van der Waals surface area contributed by atoms with Gasteiger partial charge in [-0.1, -0.05) is 36.4 Å². The summed E-state index contributed by atoms with van der Waals surface area (Å²) in [6, 6.07) is 22.7. The van der Waals surface area contributed by atoms with E-state index >= 15 is 0 Å². The van der Waals surface area contributed by atoms with Gasteiger partial charge in [0.1, 0.15) is 0 Å². The molecule has 0 unspecified atom stereocenters. The molecule has 29 heavy (non-hydrogen) atoms. The predicted octanol–water partition coefficient (Wildman–Crippen LogP) is 4.35. The van der Waals surface area contributed by atoms with E-state index in [4.69, 9.17) is 0 Å². The van der Waals surface area contributed by atoms with E-state index in [1.165, 1.54) is 17.0 Å². The molecule has 6 nitrogen and oxygen atoms in total. The second-order valence-corrected chi connectivity index (χ2v) is 7.81. The Hall–Kier alpha value is -3.32. The molecule has 2 aromatic carbocycles. The number of rotatable bonds is 4. The maximum atomic E-state index is 12.8. The number of nitrogens with one attached hydrogen (secondary N) is 2. The van der Waals surface area contributed by atoms with Crippen LogP contribution in [0.2, 0.25) is 0 Å². The molecule has 0 spiro atoms. The first-order valence-electron chi connectivity index (χ1n) is 9.51. The van der Waals surface area contributed by atoms with Crippen LogP contribution in [0, 0.1) is 0 Å². The fraction of sp³-hybridized carbons (Fsp3) is 0.182. The van der Waals surface area contributed by atoms with Gasteiger partial charge in [0.05, 0.1) is 9.88 Å². The minimum Gasteiger partial charge on any atom is -0.368 e. The van der Waals surface area contributed by atoms with Gasteiger partial charge in [-0.05, 0) is 36.4 Å². The molecule has 1 fully saturated rings. The van der Waals surface area contributed by atoms with Crippen LogP contribution in [0.4, 0.5) is 21.2 Å². The summed E-state index contributed by atoms with van der Waals surface area (Å²) in [7, 11) is 0. The van der Waals surface area contributed by atoms with Crippen molar-refractivity contribution in [3.8, 4) is 0 Å². The van der Waals surface area contributed by atoms with Crippen molar-refractivity contribution >= 4 is 39.7 Å². The van der Waals surface area contributed by atoms with Crippen molar-refractivity contribution in [3.05, 3.63) is 77.7 Å². The van der Waals surface area contributed by atoms with E-state index in [1.54, 1.807) is 12.1 Å². The van der Waals surface area contributed by atoms with Crippen LogP contribution >= 0.6 is 11.3 Å². The zero-order chi connectivity index (χ0) is 20.1. The summed E-state index contributed by atoms with van der Waals surface area (Å²) in [4.78, 5) is 29.7. The third-order valence-corrected chi connectivity index (χ3v) is 5.76. The van der Waals surface area contributed by atoms with Crippen molar-refractivity contribution < 1.29 is 9.59 Å². The molecule has 0 radical (unpaired) electrons. The number of para-hydroxylation sites is 2. The molecule has 1 aliphatic heterocycles. The van der Waals surface area contributed by atoms with Crippen LogP contribution in [0.1, 0.15) is 9.67 Å². The summed E-state index contributed by atoms with van der Waals surface area (Å²) in [5.74, 6) is 0.0132. The summed E-state index contributed by atoms with van der Waals surface area (Å²) in [5, 5.41) is 6.20. The van der Waals surface area contributed by atoms with Crippen molar-refractivity contribution in [1.82, 2.24) is 4.90 Å². The minimum atomic E-state index is -0.325. The number of benzene rings is 2. The summed E-state index contributed by atoms with van der Waals surface area (Å²) in [6.07, 6.45) is 0. The zero-order valence-electron chi connectivity index (χ0n) is 15.9. The van der Waals surface area contributed by atoms with Crippen LogP contribution < -0.4 is 15.5 Å². The number of hydrogen-bond donors (Lipinski definition) is 2. The highest BCUT2D eigenvalue weighted by Crippen LogP contribution is 2.24. The predicted molar refractivity (Wildman–Crippen MR) is 118 cm³/mol. The Labute approximate surface area is 173 Å². The summed E-state index contributed by atoms with van der Waals surface area (Å²) in [5.41, 5.74) is 1.90. The molecule has 2 heterocycles. The molecule has 0 aliphatic carbocycles. The van der Waals surface area contributed by atoms with Crippen LogP contribution in [0.3, 0.4) is 0 Å². The maximum absolute atomic E-state index is 12.8. The number of thiophene rings is 1. The molecule has 7 heteroatoms. The Bertz CT molecular complexity index is 967. The fourth-order valence-corrected chi connectivity index (χ4v) is 4.15. The number of amides is 3. The van der Waals surface area contributed by atoms with Gasteiger partial charge in [-0.2, -0.15) is 0 Å². The van der Waals surface area contributed by atoms with Gasteiger partial charge in [0, 0.05) is 37.6 Å². The van der Waals surface area contributed by atoms with Crippen LogP contribution in [0.5, 0.6) is 0 Å². The molecule has 0 saturated carbocycles. The van der Waals surface area contributed by atoms with Gasteiger partial charge in [0.2, 0.25) is 0 Å². The standard InChI is InChI=1S/C22H22N4O2S/c27-21(26-15-13-25(14-16-26)18-9-5-2-6-10-18)19-11-12-20(29-19)24-22(28)23-17-7-3-1-4-8-17/h1-12H,13-16H2,(H2,23,24,28). The second-order valence-electron chi connectivity index (χ2n) is 6.72. The first-order chi connectivity index (χ1) is 14.2. The lowest BCUT2D eigenvalue weighted by atomic mass is 10.2. The molecule has 4 rings (SSSR count). The lowest BCUT2D eigenvalue weighted by Gasteiger charge is -2.35. The van der Waals surface area contributed by atoms with Gasteiger partial charge in [-0.15, -0.1) is 11.3 Å². The highest BCUT2D eigenvalue weighted by atomic mass is 32.1. The molecule has 1 saturated heterocycles. The van der Waals surface area contributed by atoms with Crippen LogP contribution in [-0.2, 0) is 0 Å². The molecular formula is C22H22N4O2S. The lowest BCUT2D eigenvalue weighted by Crippen LogP contribution is -2.48. The van der Waals surface area contributed by atoms with Gasteiger partial charge < -0.3 is 15.1 Å². The minimum absolute atomic E-state index is 0.0132. The molecule has 3 amide bonds. The molecule has 148 valence electrons. The normalized spacial score (nSPS) is 13.8. The Morgan fingerprint density at radius 1 is 0.759 bits per heavy atom. The number of urea groups is 1. The highest BCUT2D eigenvalue weighted by molar-refractivity contribution is 7.18. The van der Waals surface area contributed by atoms with Crippen molar-refractivity contribution in [2.75, 3.05) is 41.7 Å². The molecule has 1 aromatic heterocycles. The van der Waals surface area contributed by atoms with Crippen molar-refractivity contribution in [3.63, 3.8) is 0 Å². The zero-order valence-corrected chi connectivity index (χ0v) is 16.7. The third-order valence-electron chi connectivity index (χ3n) is 4.77. The van der Waals surface area contributed by atoms with E-state index in [1.807, 2.05) is 53.4 Å². The third kappa shape index (κ3) is 4.75. The van der Waals surface area contributed by atoms with E-state index in [0.29, 0.717) is 28.7 Å². The van der Waals surface area contributed by atoms with Gasteiger partial charge in [-0.3, -0.25) is 10.1 Å². The van der Waals surface area contributed by atoms with E-state index in [9.17, 15) is 9.59 Å². The van der Waals surface area contributed by atoms with Crippen molar-refractivity contribution in [2.45, 2.75) is 0 Å². The van der Waals surface area contributed by atoms with Gasteiger partial charge in [-0.25, -0.2) is 4.79 Å². The number of anilines is 3. The smallest absolute Gasteiger partial charge is 0.324 e. The van der Waals surface area contributed by atoms with E-state index < -0.39 is 0 Å². The quantitative estimate of drug-likeness (QED) is 0.677. The number of nitrogens with zero attached hydrogens (tertiary/aromatic N) is 2. The SMILES string of the molecule is O=C(Nc1ccccc1)Nc1ccc(C(=O)N2CCN(c3ccccc3)CC2)s1. The highest BCUT2D eigenvalue weighted by Gasteiger charge is 2.23. The first-order valence-corrected chi connectivity index (χ1v) is 10.3. The van der Waals surface area contributed by atoms with E-state index in [0.717, 1.165) is 13.1 Å². The maximum Gasteiger partial charge on any atom is 0.324 e. The monoisotopic (exact) mass is 406 g/mol. The fourth-order valence-electron chi connectivity index (χ4n) is 3.28. The molecule has 1 aliphatic rings. The lowest BCUT2D eigenvalue weighted by molar-refractivity contribution is 0.0751. The molecule has 0 atom stereocenters. The molecule has 2 N–H and O–H groups in total. The largest absolute Gasteiger partial charge is 0.368 e.